The number of hydrogen-bond donors (Lipinski definition) is 3. The molecule has 2 heterocycles. The van der Waals surface area contributed by atoms with Crippen LogP contribution >= 0.6 is 38.5 Å². The molecule has 1 aromatic heterocycles. The lowest BCUT2D eigenvalue weighted by molar-refractivity contribution is -0.0468. The zero-order valence-electron chi connectivity index (χ0n) is 8.97. The molecule has 100 valence electrons. The number of aliphatic hydroxyl groups excluding tert-OH is 2. The third-order valence-corrected chi connectivity index (χ3v) is 5.24. The van der Waals surface area contributed by atoms with Crippen molar-refractivity contribution < 1.29 is 14.9 Å². The molecule has 0 bridgehead atoms. The lowest BCUT2D eigenvalue weighted by atomic mass is 10.2. The van der Waals surface area contributed by atoms with Crippen molar-refractivity contribution in [1.82, 2.24) is 9.55 Å². The SMILES string of the molecule is O=c1[nH]c(=O)n([C@H]2C[C@H](O)[C@@H](CO)O2)c(I)c1Br. The minimum absolute atomic E-state index is 0.180. The monoisotopic (exact) mass is 432 g/mol. The molecule has 9 heteroatoms. The second kappa shape index (κ2) is 5.41. The number of halogens is 2. The summed E-state index contributed by atoms with van der Waals surface area (Å²) in [7, 11) is 0. The van der Waals surface area contributed by atoms with Crippen molar-refractivity contribution in [3.63, 3.8) is 0 Å². The van der Waals surface area contributed by atoms with Gasteiger partial charge in [0.1, 0.15) is 20.5 Å². The number of aliphatic hydroxyl groups is 2. The Morgan fingerprint density at radius 3 is 2.78 bits per heavy atom. The Kier molecular flexibility index (Phi) is 4.26. The van der Waals surface area contributed by atoms with Gasteiger partial charge in [-0.3, -0.25) is 14.3 Å². The fraction of sp³-hybridized carbons (Fsp3) is 0.556. The number of aromatic amines is 1. The van der Waals surface area contributed by atoms with Gasteiger partial charge in [-0.1, -0.05) is 0 Å². The highest BCUT2D eigenvalue weighted by Gasteiger charge is 2.36. The van der Waals surface area contributed by atoms with E-state index < -0.39 is 29.7 Å². The zero-order chi connectivity index (χ0) is 13.4. The number of hydrogen-bond acceptors (Lipinski definition) is 5. The smallest absolute Gasteiger partial charge is 0.331 e. The van der Waals surface area contributed by atoms with Crippen LogP contribution in [0.5, 0.6) is 0 Å². The van der Waals surface area contributed by atoms with E-state index in [-0.39, 0.29) is 17.5 Å². The minimum atomic E-state index is -0.839. The largest absolute Gasteiger partial charge is 0.394 e. The number of nitrogens with one attached hydrogen (secondary N) is 1. The predicted octanol–water partition coefficient (Wildman–Crippen LogP) is -0.456. The lowest BCUT2D eigenvalue weighted by Gasteiger charge is -2.16. The van der Waals surface area contributed by atoms with Crippen LogP contribution in [-0.2, 0) is 4.74 Å². The van der Waals surface area contributed by atoms with Gasteiger partial charge < -0.3 is 14.9 Å². The number of ether oxygens (including phenoxy) is 1. The quantitative estimate of drug-likeness (QED) is 0.433. The van der Waals surface area contributed by atoms with E-state index in [1.807, 2.05) is 22.6 Å². The van der Waals surface area contributed by atoms with Crippen molar-refractivity contribution in [2.45, 2.75) is 24.9 Å². The van der Waals surface area contributed by atoms with Gasteiger partial charge in [0.25, 0.3) is 5.56 Å². The van der Waals surface area contributed by atoms with Gasteiger partial charge in [0, 0.05) is 6.42 Å². The first-order valence-corrected chi connectivity index (χ1v) is 6.97. The van der Waals surface area contributed by atoms with Crippen molar-refractivity contribution in [2.75, 3.05) is 6.61 Å². The summed E-state index contributed by atoms with van der Waals surface area (Å²) >= 11 is 4.92. The van der Waals surface area contributed by atoms with Gasteiger partial charge in [-0.05, 0) is 38.5 Å². The molecule has 1 aliphatic heterocycles. The number of aromatic nitrogens is 2. The van der Waals surface area contributed by atoms with Crippen molar-refractivity contribution in [1.29, 1.82) is 0 Å². The summed E-state index contributed by atoms with van der Waals surface area (Å²) in [5.74, 6) is 0. The fourth-order valence-electron chi connectivity index (χ4n) is 1.80. The van der Waals surface area contributed by atoms with Crippen molar-refractivity contribution >= 4 is 38.5 Å². The Morgan fingerprint density at radius 1 is 1.56 bits per heavy atom. The second-order valence-electron chi connectivity index (χ2n) is 3.85. The highest BCUT2D eigenvalue weighted by molar-refractivity contribution is 14.1. The summed E-state index contributed by atoms with van der Waals surface area (Å²) in [6, 6.07) is 0. The fourth-order valence-corrected chi connectivity index (χ4v) is 2.86. The Morgan fingerprint density at radius 2 is 2.22 bits per heavy atom. The molecule has 7 nitrogen and oxygen atoms in total. The van der Waals surface area contributed by atoms with Crippen molar-refractivity contribution in [3.8, 4) is 0 Å². The number of nitrogens with zero attached hydrogens (tertiary/aromatic N) is 1. The Bertz CT molecular complexity index is 571. The molecule has 0 saturated carbocycles. The van der Waals surface area contributed by atoms with Gasteiger partial charge in [-0.2, -0.15) is 0 Å². The molecular weight excluding hydrogens is 423 g/mol. The summed E-state index contributed by atoms with van der Waals surface area (Å²) < 4.78 is 7.24. The van der Waals surface area contributed by atoms with Gasteiger partial charge in [0.05, 0.1) is 12.7 Å². The molecule has 2 rings (SSSR count). The standard InChI is InChI=1S/C9H10BrIN2O5/c10-6-7(11)13(9(17)12-8(6)16)5-1-3(15)4(2-14)18-5/h3-5,14-15H,1-2H2,(H,12,16,17)/t3-,4+,5+/m0/s1. The van der Waals surface area contributed by atoms with Crippen LogP contribution in [0.4, 0.5) is 0 Å². The Balaban J connectivity index is 2.45. The maximum atomic E-state index is 11.8. The molecule has 0 unspecified atom stereocenters. The molecule has 0 aliphatic carbocycles. The van der Waals surface area contributed by atoms with Crippen LogP contribution in [0.25, 0.3) is 0 Å². The third-order valence-electron chi connectivity index (χ3n) is 2.70. The first kappa shape index (κ1) is 14.2. The first-order chi connectivity index (χ1) is 8.45. The van der Waals surface area contributed by atoms with Crippen molar-refractivity contribution in [2.24, 2.45) is 0 Å². The summed E-state index contributed by atoms with van der Waals surface area (Å²) in [4.78, 5) is 25.3. The average molecular weight is 433 g/mol. The minimum Gasteiger partial charge on any atom is -0.394 e. The highest BCUT2D eigenvalue weighted by Crippen LogP contribution is 2.29. The molecule has 0 radical (unpaired) electrons. The van der Waals surface area contributed by atoms with E-state index in [9.17, 15) is 14.7 Å². The molecule has 1 fully saturated rings. The predicted molar refractivity (Wildman–Crippen MR) is 73.4 cm³/mol. The summed E-state index contributed by atoms with van der Waals surface area (Å²) in [5.41, 5.74) is -1.12. The van der Waals surface area contributed by atoms with Crippen LogP contribution in [-0.4, -0.2) is 38.6 Å². The molecule has 1 aromatic rings. The zero-order valence-corrected chi connectivity index (χ0v) is 12.7. The maximum Gasteiger partial charge on any atom is 0.331 e. The van der Waals surface area contributed by atoms with Gasteiger partial charge in [0.2, 0.25) is 0 Å². The third kappa shape index (κ3) is 2.41. The van der Waals surface area contributed by atoms with Crippen LogP contribution in [0, 0.1) is 3.70 Å². The van der Waals surface area contributed by atoms with E-state index in [1.54, 1.807) is 0 Å². The number of H-pyrrole nitrogens is 1. The topological polar surface area (TPSA) is 105 Å². The molecule has 1 aliphatic rings. The lowest BCUT2D eigenvalue weighted by Crippen LogP contribution is -2.35. The van der Waals surface area contributed by atoms with Crippen molar-refractivity contribution in [3.05, 3.63) is 29.0 Å². The van der Waals surface area contributed by atoms with Crippen LogP contribution in [0.1, 0.15) is 12.6 Å². The Labute approximate surface area is 123 Å². The van der Waals surface area contributed by atoms with Crippen LogP contribution < -0.4 is 11.2 Å². The second-order valence-corrected chi connectivity index (χ2v) is 5.66. The molecule has 1 saturated heterocycles. The Hall–Kier alpha value is -0.230. The molecule has 3 N–H and O–H groups in total. The van der Waals surface area contributed by atoms with Gasteiger partial charge in [-0.15, -0.1) is 0 Å². The normalized spacial score (nSPS) is 27.7. The van der Waals surface area contributed by atoms with Crippen LogP contribution in [0.3, 0.4) is 0 Å². The van der Waals surface area contributed by atoms with E-state index in [4.69, 9.17) is 9.84 Å². The highest BCUT2D eigenvalue weighted by atomic mass is 127. The first-order valence-electron chi connectivity index (χ1n) is 5.10. The molecule has 0 aromatic carbocycles. The molecule has 0 amide bonds. The van der Waals surface area contributed by atoms with Gasteiger partial charge >= 0.3 is 5.69 Å². The molecule has 18 heavy (non-hydrogen) atoms. The van der Waals surface area contributed by atoms with E-state index in [0.29, 0.717) is 3.70 Å². The summed E-state index contributed by atoms with van der Waals surface area (Å²) in [5, 5.41) is 18.6. The molecule has 0 spiro atoms. The van der Waals surface area contributed by atoms with E-state index in [2.05, 4.69) is 20.9 Å². The molecular formula is C9H10BrIN2O5. The summed E-state index contributed by atoms with van der Waals surface area (Å²) in [6.45, 7) is -0.326. The van der Waals surface area contributed by atoms with E-state index in [1.165, 1.54) is 4.57 Å². The van der Waals surface area contributed by atoms with Gasteiger partial charge in [-0.25, -0.2) is 4.79 Å². The van der Waals surface area contributed by atoms with E-state index in [0.717, 1.165) is 0 Å². The van der Waals surface area contributed by atoms with Gasteiger partial charge in [0.15, 0.2) is 0 Å². The number of rotatable bonds is 2. The van der Waals surface area contributed by atoms with E-state index >= 15 is 0 Å². The van der Waals surface area contributed by atoms with Crippen LogP contribution in [0.2, 0.25) is 0 Å². The maximum absolute atomic E-state index is 11.8. The average Bonchev–Trinajstić information content (AvgIpc) is 2.67. The molecule has 3 atom stereocenters. The summed E-state index contributed by atoms with van der Waals surface area (Å²) in [6.07, 6.45) is -2.08. The van der Waals surface area contributed by atoms with Crippen LogP contribution in [0.15, 0.2) is 14.1 Å².